The molecule has 1 fully saturated rings. The van der Waals surface area contributed by atoms with Crippen LogP contribution in [0.4, 0.5) is 5.82 Å². The molecule has 9 heteroatoms. The van der Waals surface area contributed by atoms with Crippen LogP contribution in [0.1, 0.15) is 37.8 Å². The van der Waals surface area contributed by atoms with Gasteiger partial charge in [-0.15, -0.1) is 11.3 Å². The van der Waals surface area contributed by atoms with Gasteiger partial charge in [0.15, 0.2) is 0 Å². The SMILES string of the molecule is CCOC(=O)[C@@H](C)Sc1ncnc2c1sc1nc(N3CCOCC3)c3c(c12)CCCC3. The minimum Gasteiger partial charge on any atom is -0.465 e. The van der Waals surface area contributed by atoms with E-state index in [0.717, 1.165) is 65.0 Å². The van der Waals surface area contributed by atoms with Gasteiger partial charge in [0, 0.05) is 18.5 Å². The molecule has 1 saturated heterocycles. The first-order valence-corrected chi connectivity index (χ1v) is 12.6. The molecule has 1 atom stereocenters. The van der Waals surface area contributed by atoms with Crippen molar-refractivity contribution in [2.45, 2.75) is 49.8 Å². The number of thioether (sulfide) groups is 1. The molecule has 2 aliphatic rings. The fraction of sp³-hybridized carbons (Fsp3) is 0.545. The van der Waals surface area contributed by atoms with Crippen molar-refractivity contribution in [2.24, 2.45) is 0 Å². The summed E-state index contributed by atoms with van der Waals surface area (Å²) in [6, 6.07) is 0. The summed E-state index contributed by atoms with van der Waals surface area (Å²) >= 11 is 3.08. The third kappa shape index (κ3) is 3.87. The van der Waals surface area contributed by atoms with Crippen molar-refractivity contribution in [3.63, 3.8) is 0 Å². The Morgan fingerprint density at radius 1 is 1.26 bits per heavy atom. The molecular weight excluding hydrogens is 432 g/mol. The molecule has 0 saturated carbocycles. The molecule has 0 radical (unpaired) electrons. The van der Waals surface area contributed by atoms with Crippen molar-refractivity contribution in [1.82, 2.24) is 15.0 Å². The number of nitrogens with zero attached hydrogens (tertiary/aromatic N) is 4. The van der Waals surface area contributed by atoms with Gasteiger partial charge in [-0.05, 0) is 50.7 Å². The first-order chi connectivity index (χ1) is 15.2. The highest BCUT2D eigenvalue weighted by Gasteiger charge is 2.27. The molecule has 3 aromatic rings. The lowest BCUT2D eigenvalue weighted by molar-refractivity contribution is -0.142. The number of carbonyl (C=O) groups is 1. The average molecular weight is 459 g/mol. The van der Waals surface area contributed by atoms with Crippen LogP contribution in [0.5, 0.6) is 0 Å². The molecule has 1 aliphatic heterocycles. The first-order valence-electron chi connectivity index (χ1n) is 10.9. The van der Waals surface area contributed by atoms with E-state index in [1.54, 1.807) is 17.7 Å². The minimum absolute atomic E-state index is 0.217. The van der Waals surface area contributed by atoms with Gasteiger partial charge in [0.2, 0.25) is 0 Å². The lowest BCUT2D eigenvalue weighted by atomic mass is 9.90. The second kappa shape index (κ2) is 8.88. The van der Waals surface area contributed by atoms with Gasteiger partial charge in [0.25, 0.3) is 0 Å². The Morgan fingerprint density at radius 2 is 2.03 bits per heavy atom. The number of thiophene rings is 1. The number of hydrogen-bond acceptors (Lipinski definition) is 9. The van der Waals surface area contributed by atoms with Crippen molar-refractivity contribution < 1.29 is 14.3 Å². The maximum atomic E-state index is 12.2. The molecule has 1 aliphatic carbocycles. The zero-order chi connectivity index (χ0) is 21.4. The molecular formula is C22H26N4O3S2. The third-order valence-corrected chi connectivity index (χ3v) is 8.17. The number of morpholine rings is 1. The molecule has 3 aromatic heterocycles. The lowest BCUT2D eigenvalue weighted by Crippen LogP contribution is -2.37. The third-order valence-electron chi connectivity index (χ3n) is 5.89. The maximum Gasteiger partial charge on any atom is 0.319 e. The van der Waals surface area contributed by atoms with E-state index >= 15 is 0 Å². The summed E-state index contributed by atoms with van der Waals surface area (Å²) < 4.78 is 11.8. The van der Waals surface area contributed by atoms with E-state index in [9.17, 15) is 4.79 Å². The van der Waals surface area contributed by atoms with Crippen LogP contribution in [0.2, 0.25) is 0 Å². The Balaban J connectivity index is 1.63. The van der Waals surface area contributed by atoms with Crippen LogP contribution in [0.15, 0.2) is 11.4 Å². The van der Waals surface area contributed by atoms with Crippen LogP contribution >= 0.6 is 23.1 Å². The lowest BCUT2D eigenvalue weighted by Gasteiger charge is -2.31. The Labute approximate surface area is 189 Å². The normalized spacial score (nSPS) is 17.7. The van der Waals surface area contributed by atoms with Gasteiger partial charge < -0.3 is 14.4 Å². The average Bonchev–Trinajstić information content (AvgIpc) is 3.19. The summed E-state index contributed by atoms with van der Waals surface area (Å²) in [7, 11) is 0. The zero-order valence-electron chi connectivity index (χ0n) is 17.8. The summed E-state index contributed by atoms with van der Waals surface area (Å²) in [5.41, 5.74) is 3.75. The molecule has 0 spiro atoms. The topological polar surface area (TPSA) is 77.4 Å². The number of hydrogen-bond donors (Lipinski definition) is 0. The predicted octanol–water partition coefficient (Wildman–Crippen LogP) is 4.00. The largest absolute Gasteiger partial charge is 0.465 e. The van der Waals surface area contributed by atoms with E-state index in [0.29, 0.717) is 6.61 Å². The molecule has 164 valence electrons. The Bertz CT molecular complexity index is 1130. The number of carbonyl (C=O) groups excluding carboxylic acids is 1. The highest BCUT2D eigenvalue weighted by Crippen LogP contribution is 2.43. The standard InChI is InChI=1S/C22H26N4O3S2/c1-3-29-22(27)13(2)30-21-18-17(23-12-24-21)16-14-6-4-5-7-15(14)19(25-20(16)31-18)26-8-10-28-11-9-26/h12-13H,3-11H2,1-2H3/t13-/m1/s1. The molecule has 0 N–H and O–H groups in total. The number of ether oxygens (including phenoxy) is 2. The number of pyridine rings is 1. The van der Waals surface area contributed by atoms with Crippen LogP contribution in [0, 0.1) is 0 Å². The molecule has 0 aromatic carbocycles. The number of esters is 1. The van der Waals surface area contributed by atoms with Crippen molar-refractivity contribution >= 4 is 55.3 Å². The van der Waals surface area contributed by atoms with Crippen molar-refractivity contribution in [1.29, 1.82) is 0 Å². The van der Waals surface area contributed by atoms with Gasteiger partial charge in [-0.2, -0.15) is 0 Å². The first kappa shape index (κ1) is 20.9. The van der Waals surface area contributed by atoms with Crippen molar-refractivity contribution in [3.8, 4) is 0 Å². The van der Waals surface area contributed by atoms with Crippen LogP contribution in [0.25, 0.3) is 20.4 Å². The summed E-state index contributed by atoms with van der Waals surface area (Å²) in [4.78, 5) is 29.9. The van der Waals surface area contributed by atoms with Gasteiger partial charge in [0.1, 0.15) is 27.3 Å². The van der Waals surface area contributed by atoms with Gasteiger partial charge in [0.05, 0.1) is 30.0 Å². The molecule has 0 amide bonds. The van der Waals surface area contributed by atoms with E-state index in [1.165, 1.54) is 41.1 Å². The molecule has 5 rings (SSSR count). The Hall–Kier alpha value is -1.97. The highest BCUT2D eigenvalue weighted by molar-refractivity contribution is 8.00. The monoisotopic (exact) mass is 458 g/mol. The van der Waals surface area contributed by atoms with Gasteiger partial charge >= 0.3 is 5.97 Å². The maximum absolute atomic E-state index is 12.2. The summed E-state index contributed by atoms with van der Waals surface area (Å²) in [6.45, 7) is 7.33. The Kier molecular flexibility index (Phi) is 5.99. The van der Waals surface area contributed by atoms with Crippen LogP contribution in [0.3, 0.4) is 0 Å². The van der Waals surface area contributed by atoms with E-state index in [4.69, 9.17) is 14.5 Å². The van der Waals surface area contributed by atoms with Gasteiger partial charge in [-0.3, -0.25) is 4.79 Å². The van der Waals surface area contributed by atoms with Gasteiger partial charge in [-0.1, -0.05) is 11.8 Å². The minimum atomic E-state index is -0.325. The summed E-state index contributed by atoms with van der Waals surface area (Å²) in [5, 5.41) is 1.68. The highest BCUT2D eigenvalue weighted by atomic mass is 32.2. The Morgan fingerprint density at radius 3 is 2.81 bits per heavy atom. The van der Waals surface area contributed by atoms with Crippen LogP contribution < -0.4 is 4.90 Å². The van der Waals surface area contributed by atoms with Crippen LogP contribution in [-0.4, -0.2) is 59.1 Å². The molecule has 4 heterocycles. The quantitative estimate of drug-likeness (QED) is 0.323. The van der Waals surface area contributed by atoms with Crippen LogP contribution in [-0.2, 0) is 27.1 Å². The van der Waals surface area contributed by atoms with Crippen molar-refractivity contribution in [2.75, 3.05) is 37.8 Å². The van der Waals surface area contributed by atoms with E-state index < -0.39 is 0 Å². The fourth-order valence-electron chi connectivity index (χ4n) is 4.41. The number of anilines is 1. The second-order valence-electron chi connectivity index (χ2n) is 7.85. The second-order valence-corrected chi connectivity index (χ2v) is 10.2. The molecule has 7 nitrogen and oxygen atoms in total. The number of aryl methyl sites for hydroxylation is 1. The summed E-state index contributed by atoms with van der Waals surface area (Å²) in [5.74, 6) is 0.907. The molecule has 31 heavy (non-hydrogen) atoms. The zero-order valence-corrected chi connectivity index (χ0v) is 19.5. The molecule has 0 unspecified atom stereocenters. The van der Waals surface area contributed by atoms with E-state index in [2.05, 4.69) is 14.9 Å². The number of aromatic nitrogens is 3. The summed E-state index contributed by atoms with van der Waals surface area (Å²) in [6.07, 6.45) is 6.13. The fourth-order valence-corrected chi connectivity index (χ4v) is 6.53. The number of rotatable bonds is 5. The van der Waals surface area contributed by atoms with Crippen molar-refractivity contribution in [3.05, 3.63) is 17.5 Å². The van der Waals surface area contributed by atoms with E-state index in [-0.39, 0.29) is 11.2 Å². The van der Waals surface area contributed by atoms with Gasteiger partial charge in [-0.25, -0.2) is 15.0 Å². The predicted molar refractivity (Wildman–Crippen MR) is 124 cm³/mol. The molecule has 0 bridgehead atoms. The van der Waals surface area contributed by atoms with E-state index in [1.807, 2.05) is 13.8 Å². The smallest absolute Gasteiger partial charge is 0.319 e. The number of fused-ring (bicyclic) bond motifs is 5.